The molecule has 0 aliphatic carbocycles. The molecule has 0 aliphatic heterocycles. The smallest absolute Gasteiger partial charge is 0.269 e. The SMILES string of the molecule is CC(=NNC(=O)Cc1c(C)[nH][nH]c1=O)c1ccc([N+](=O)[O-])cc1. The molecule has 1 heterocycles. The number of aryl methyl sites for hydroxylation is 1. The number of non-ortho nitro benzene ring substituents is 1. The van der Waals surface area contributed by atoms with Gasteiger partial charge >= 0.3 is 0 Å². The van der Waals surface area contributed by atoms with Gasteiger partial charge in [0.2, 0.25) is 5.91 Å². The van der Waals surface area contributed by atoms with Gasteiger partial charge in [-0.1, -0.05) is 0 Å². The highest BCUT2D eigenvalue weighted by Crippen LogP contribution is 2.12. The van der Waals surface area contributed by atoms with Crippen molar-refractivity contribution in [2.45, 2.75) is 20.3 Å². The number of carbonyl (C=O) groups is 1. The molecule has 0 saturated heterocycles. The number of nitrogens with one attached hydrogen (secondary N) is 3. The molecule has 0 fully saturated rings. The molecular formula is C14H15N5O4. The number of amides is 1. The van der Waals surface area contributed by atoms with E-state index in [-0.39, 0.29) is 17.7 Å². The minimum absolute atomic E-state index is 0.0206. The lowest BCUT2D eigenvalue weighted by molar-refractivity contribution is -0.384. The zero-order chi connectivity index (χ0) is 17.0. The van der Waals surface area contributed by atoms with Gasteiger partial charge in [0.1, 0.15) is 0 Å². The number of nitro benzene ring substituents is 1. The molecular weight excluding hydrogens is 302 g/mol. The molecule has 1 amide bonds. The molecule has 0 radical (unpaired) electrons. The van der Waals surface area contributed by atoms with Crippen LogP contribution in [0.15, 0.2) is 34.2 Å². The molecule has 23 heavy (non-hydrogen) atoms. The molecule has 0 spiro atoms. The van der Waals surface area contributed by atoms with Gasteiger partial charge in [0.15, 0.2) is 0 Å². The van der Waals surface area contributed by atoms with Crippen LogP contribution in [0.4, 0.5) is 5.69 Å². The fraction of sp³-hybridized carbons (Fsp3) is 0.214. The number of benzene rings is 1. The molecule has 0 aliphatic rings. The average Bonchev–Trinajstić information content (AvgIpc) is 2.84. The first kappa shape index (κ1) is 16.1. The normalized spacial score (nSPS) is 11.3. The van der Waals surface area contributed by atoms with Gasteiger partial charge in [0.05, 0.1) is 17.1 Å². The summed E-state index contributed by atoms with van der Waals surface area (Å²) in [5.74, 6) is -0.431. The number of aromatic nitrogens is 2. The van der Waals surface area contributed by atoms with Crippen LogP contribution in [0.25, 0.3) is 0 Å². The molecule has 1 aromatic carbocycles. The summed E-state index contributed by atoms with van der Waals surface area (Å²) >= 11 is 0. The standard InChI is InChI=1S/C14H15N5O4/c1-8(10-3-5-11(6-4-10)19(22)23)15-17-13(20)7-12-9(2)16-18-14(12)21/h3-6H,7H2,1-2H3,(H,17,20)(H2,16,18,21). The summed E-state index contributed by atoms with van der Waals surface area (Å²) in [5.41, 5.74) is 4.09. The molecule has 0 unspecified atom stereocenters. The molecule has 9 nitrogen and oxygen atoms in total. The molecule has 0 saturated carbocycles. The van der Waals surface area contributed by atoms with E-state index in [9.17, 15) is 19.7 Å². The Morgan fingerprint density at radius 1 is 1.30 bits per heavy atom. The number of carbonyl (C=O) groups excluding carboxylic acids is 1. The van der Waals surface area contributed by atoms with Gasteiger partial charge in [-0.2, -0.15) is 5.10 Å². The summed E-state index contributed by atoms with van der Waals surface area (Å²) in [5, 5.41) is 19.6. The molecule has 0 atom stereocenters. The Labute approximate surface area is 130 Å². The maximum atomic E-state index is 11.8. The fourth-order valence-corrected chi connectivity index (χ4v) is 1.92. The van der Waals surface area contributed by atoms with Gasteiger partial charge in [0, 0.05) is 23.4 Å². The Kier molecular flexibility index (Phi) is 4.69. The lowest BCUT2D eigenvalue weighted by Crippen LogP contribution is -2.24. The van der Waals surface area contributed by atoms with Crippen molar-refractivity contribution in [1.29, 1.82) is 0 Å². The molecule has 0 bridgehead atoms. The molecule has 120 valence electrons. The number of nitrogens with zero attached hydrogens (tertiary/aromatic N) is 2. The van der Waals surface area contributed by atoms with Crippen LogP contribution in [0.3, 0.4) is 0 Å². The van der Waals surface area contributed by atoms with Gasteiger partial charge in [-0.3, -0.25) is 24.8 Å². The van der Waals surface area contributed by atoms with Crippen LogP contribution < -0.4 is 11.0 Å². The highest BCUT2D eigenvalue weighted by Gasteiger charge is 2.11. The van der Waals surface area contributed by atoms with Crippen molar-refractivity contribution in [2.24, 2.45) is 5.10 Å². The quantitative estimate of drug-likeness (QED) is 0.431. The summed E-state index contributed by atoms with van der Waals surface area (Å²) < 4.78 is 0. The van der Waals surface area contributed by atoms with Crippen LogP contribution >= 0.6 is 0 Å². The van der Waals surface area contributed by atoms with E-state index in [1.807, 2.05) is 0 Å². The minimum Gasteiger partial charge on any atom is -0.302 e. The second-order valence-corrected chi connectivity index (χ2v) is 4.90. The first-order chi connectivity index (χ1) is 10.9. The summed E-state index contributed by atoms with van der Waals surface area (Å²) in [6.45, 7) is 3.35. The first-order valence-electron chi connectivity index (χ1n) is 6.72. The topological polar surface area (TPSA) is 133 Å². The van der Waals surface area contributed by atoms with Crippen LogP contribution in [0.5, 0.6) is 0 Å². The predicted octanol–water partition coefficient (Wildman–Crippen LogP) is 1.00. The van der Waals surface area contributed by atoms with Gasteiger partial charge in [-0.05, 0) is 31.5 Å². The Hall–Kier alpha value is -3.23. The van der Waals surface area contributed by atoms with E-state index < -0.39 is 10.8 Å². The summed E-state index contributed by atoms with van der Waals surface area (Å²) in [4.78, 5) is 33.4. The van der Waals surface area contributed by atoms with Crippen molar-refractivity contribution in [2.75, 3.05) is 0 Å². The largest absolute Gasteiger partial charge is 0.302 e. The number of aromatic amines is 2. The van der Waals surface area contributed by atoms with Crippen molar-refractivity contribution in [3.8, 4) is 0 Å². The highest BCUT2D eigenvalue weighted by atomic mass is 16.6. The third-order valence-corrected chi connectivity index (χ3v) is 3.27. The Balaban J connectivity index is 2.02. The van der Waals surface area contributed by atoms with Crippen molar-refractivity contribution in [1.82, 2.24) is 15.6 Å². The lowest BCUT2D eigenvalue weighted by Gasteiger charge is -2.02. The molecule has 2 aromatic rings. The van der Waals surface area contributed by atoms with E-state index in [2.05, 4.69) is 20.7 Å². The molecule has 1 aromatic heterocycles. The third kappa shape index (κ3) is 3.90. The van der Waals surface area contributed by atoms with Crippen LogP contribution in [0.2, 0.25) is 0 Å². The van der Waals surface area contributed by atoms with E-state index in [0.29, 0.717) is 22.5 Å². The van der Waals surface area contributed by atoms with E-state index in [1.165, 1.54) is 12.1 Å². The van der Waals surface area contributed by atoms with Crippen LogP contribution in [0.1, 0.15) is 23.7 Å². The maximum absolute atomic E-state index is 11.8. The van der Waals surface area contributed by atoms with Gasteiger partial charge < -0.3 is 5.10 Å². The summed E-state index contributed by atoms with van der Waals surface area (Å²) in [6, 6.07) is 5.81. The van der Waals surface area contributed by atoms with Crippen LogP contribution in [0, 0.1) is 17.0 Å². The summed E-state index contributed by atoms with van der Waals surface area (Å²) in [7, 11) is 0. The van der Waals surface area contributed by atoms with E-state index in [4.69, 9.17) is 0 Å². The Bertz CT molecular complexity index is 816. The van der Waals surface area contributed by atoms with E-state index in [1.54, 1.807) is 26.0 Å². The molecule has 2 rings (SSSR count). The number of nitro groups is 1. The highest BCUT2D eigenvalue weighted by molar-refractivity contribution is 5.99. The van der Waals surface area contributed by atoms with E-state index >= 15 is 0 Å². The fourth-order valence-electron chi connectivity index (χ4n) is 1.92. The third-order valence-electron chi connectivity index (χ3n) is 3.27. The summed E-state index contributed by atoms with van der Waals surface area (Å²) in [6.07, 6.45) is -0.0955. The van der Waals surface area contributed by atoms with E-state index in [0.717, 1.165) is 0 Å². The minimum atomic E-state index is -0.491. The average molecular weight is 317 g/mol. The van der Waals surface area contributed by atoms with Crippen molar-refractivity contribution >= 4 is 17.3 Å². The zero-order valence-electron chi connectivity index (χ0n) is 12.5. The zero-order valence-corrected chi connectivity index (χ0v) is 12.5. The lowest BCUT2D eigenvalue weighted by atomic mass is 10.1. The number of hydrogen-bond donors (Lipinski definition) is 3. The number of hydrazone groups is 1. The molecule has 9 heteroatoms. The monoisotopic (exact) mass is 317 g/mol. The van der Waals surface area contributed by atoms with Crippen molar-refractivity contribution < 1.29 is 9.72 Å². The van der Waals surface area contributed by atoms with Crippen molar-refractivity contribution in [3.05, 3.63) is 61.6 Å². The predicted molar refractivity (Wildman–Crippen MR) is 83.3 cm³/mol. The first-order valence-corrected chi connectivity index (χ1v) is 6.72. The van der Waals surface area contributed by atoms with Gasteiger partial charge in [-0.25, -0.2) is 5.43 Å². The van der Waals surface area contributed by atoms with Crippen molar-refractivity contribution in [3.63, 3.8) is 0 Å². The second kappa shape index (κ2) is 6.69. The maximum Gasteiger partial charge on any atom is 0.269 e. The second-order valence-electron chi connectivity index (χ2n) is 4.90. The van der Waals surface area contributed by atoms with Crippen LogP contribution in [-0.4, -0.2) is 26.7 Å². The molecule has 3 N–H and O–H groups in total. The number of rotatable bonds is 5. The number of H-pyrrole nitrogens is 2. The van der Waals surface area contributed by atoms with Gasteiger partial charge in [-0.15, -0.1) is 0 Å². The van der Waals surface area contributed by atoms with Crippen LogP contribution in [-0.2, 0) is 11.2 Å². The Morgan fingerprint density at radius 3 is 2.48 bits per heavy atom. The Morgan fingerprint density at radius 2 is 1.96 bits per heavy atom. The van der Waals surface area contributed by atoms with Gasteiger partial charge in [0.25, 0.3) is 11.2 Å². The number of hydrogen-bond acceptors (Lipinski definition) is 5.